The van der Waals surface area contributed by atoms with Gasteiger partial charge in [0.05, 0.1) is 17.0 Å². The Bertz CT molecular complexity index is 618. The van der Waals surface area contributed by atoms with Crippen molar-refractivity contribution in [1.82, 2.24) is 14.9 Å². The van der Waals surface area contributed by atoms with E-state index >= 15 is 0 Å². The molecule has 0 radical (unpaired) electrons. The number of nitrogens with zero attached hydrogens (tertiary/aromatic N) is 3. The van der Waals surface area contributed by atoms with E-state index in [9.17, 15) is 4.79 Å². The molecule has 2 aromatic rings. The van der Waals surface area contributed by atoms with Gasteiger partial charge >= 0.3 is 0 Å². The lowest BCUT2D eigenvalue weighted by Gasteiger charge is -2.05. The molecule has 2 aromatic heterocycles. The van der Waals surface area contributed by atoms with Crippen molar-refractivity contribution in [2.24, 2.45) is 5.92 Å². The zero-order chi connectivity index (χ0) is 12.7. The molecule has 2 heterocycles. The average molecular weight is 245 g/mol. The minimum atomic E-state index is -0.0441. The van der Waals surface area contributed by atoms with Crippen LogP contribution < -0.4 is 5.56 Å². The highest BCUT2D eigenvalue weighted by molar-refractivity contribution is 5.62. The van der Waals surface area contributed by atoms with Crippen molar-refractivity contribution < 1.29 is 4.52 Å². The molecule has 0 amide bonds. The van der Waals surface area contributed by atoms with Crippen LogP contribution in [0.2, 0.25) is 0 Å². The highest BCUT2D eigenvalue weighted by atomic mass is 16.5. The maximum absolute atomic E-state index is 11.7. The van der Waals surface area contributed by atoms with E-state index in [1.807, 2.05) is 13.8 Å². The fraction of sp³-hybridized carbons (Fsp3) is 0.462. The second-order valence-corrected chi connectivity index (χ2v) is 4.88. The number of rotatable bonds is 3. The molecule has 1 aliphatic carbocycles. The van der Waals surface area contributed by atoms with Crippen molar-refractivity contribution in [3.8, 4) is 11.3 Å². The number of hydrogen-bond donors (Lipinski definition) is 0. The van der Waals surface area contributed by atoms with Crippen molar-refractivity contribution in [3.63, 3.8) is 0 Å². The van der Waals surface area contributed by atoms with E-state index in [1.165, 1.54) is 12.8 Å². The number of aromatic nitrogens is 3. The summed E-state index contributed by atoms with van der Waals surface area (Å²) in [5.41, 5.74) is 2.40. The first-order valence-corrected chi connectivity index (χ1v) is 6.16. The summed E-state index contributed by atoms with van der Waals surface area (Å²) in [5, 5.41) is 8.34. The maximum Gasteiger partial charge on any atom is 0.266 e. The van der Waals surface area contributed by atoms with Crippen molar-refractivity contribution in [2.75, 3.05) is 0 Å². The molecule has 1 fully saturated rings. The molecule has 94 valence electrons. The van der Waals surface area contributed by atoms with E-state index in [0.717, 1.165) is 29.3 Å². The Hall–Kier alpha value is -1.91. The van der Waals surface area contributed by atoms with Gasteiger partial charge in [-0.3, -0.25) is 4.79 Å². The Kier molecular flexibility index (Phi) is 2.54. The average Bonchev–Trinajstić information content (AvgIpc) is 3.09. The van der Waals surface area contributed by atoms with Crippen LogP contribution in [0.4, 0.5) is 0 Å². The van der Waals surface area contributed by atoms with Gasteiger partial charge < -0.3 is 4.52 Å². The highest BCUT2D eigenvalue weighted by Gasteiger charge is 2.23. The van der Waals surface area contributed by atoms with Gasteiger partial charge in [-0.2, -0.15) is 5.10 Å². The minimum Gasteiger partial charge on any atom is -0.361 e. The lowest BCUT2D eigenvalue weighted by atomic mass is 10.1. The van der Waals surface area contributed by atoms with Gasteiger partial charge in [-0.25, -0.2) is 4.68 Å². The molecule has 0 spiro atoms. The van der Waals surface area contributed by atoms with Crippen LogP contribution in [-0.2, 0) is 6.54 Å². The molecule has 0 N–H and O–H groups in total. The largest absolute Gasteiger partial charge is 0.361 e. The third-order valence-electron chi connectivity index (χ3n) is 3.28. The summed E-state index contributed by atoms with van der Waals surface area (Å²) in [4.78, 5) is 11.7. The molecule has 0 saturated heterocycles. The zero-order valence-electron chi connectivity index (χ0n) is 10.5. The predicted octanol–water partition coefficient (Wildman–Crippen LogP) is 1.93. The molecular formula is C13H15N3O2. The topological polar surface area (TPSA) is 60.9 Å². The summed E-state index contributed by atoms with van der Waals surface area (Å²) in [6.07, 6.45) is 2.40. The molecule has 0 aliphatic heterocycles. The van der Waals surface area contributed by atoms with E-state index < -0.39 is 0 Å². The Morgan fingerprint density at radius 2 is 2.17 bits per heavy atom. The Balaban J connectivity index is 2.04. The van der Waals surface area contributed by atoms with E-state index in [-0.39, 0.29) is 5.56 Å². The second-order valence-electron chi connectivity index (χ2n) is 4.88. The van der Waals surface area contributed by atoms with Gasteiger partial charge in [0.25, 0.3) is 5.56 Å². The van der Waals surface area contributed by atoms with E-state index in [4.69, 9.17) is 4.52 Å². The molecular weight excluding hydrogens is 230 g/mol. The normalized spacial score (nSPS) is 15.0. The van der Waals surface area contributed by atoms with Crippen LogP contribution in [0.25, 0.3) is 11.3 Å². The van der Waals surface area contributed by atoms with E-state index in [2.05, 4.69) is 10.3 Å². The van der Waals surface area contributed by atoms with E-state index in [1.54, 1.807) is 16.8 Å². The van der Waals surface area contributed by atoms with Gasteiger partial charge in [-0.05, 0) is 38.7 Å². The van der Waals surface area contributed by atoms with Gasteiger partial charge in [0.15, 0.2) is 0 Å². The van der Waals surface area contributed by atoms with Crippen molar-refractivity contribution in [1.29, 1.82) is 0 Å². The molecule has 0 atom stereocenters. The van der Waals surface area contributed by atoms with Crippen LogP contribution >= 0.6 is 0 Å². The third kappa shape index (κ3) is 1.96. The molecule has 18 heavy (non-hydrogen) atoms. The molecule has 5 nitrogen and oxygen atoms in total. The first-order valence-electron chi connectivity index (χ1n) is 6.16. The summed E-state index contributed by atoms with van der Waals surface area (Å²) >= 11 is 0. The van der Waals surface area contributed by atoms with Crippen molar-refractivity contribution in [3.05, 3.63) is 33.9 Å². The Labute approximate surface area is 104 Å². The third-order valence-corrected chi connectivity index (χ3v) is 3.28. The van der Waals surface area contributed by atoms with Crippen LogP contribution in [0.15, 0.2) is 21.5 Å². The molecule has 1 aliphatic rings. The van der Waals surface area contributed by atoms with Crippen LogP contribution in [0, 0.1) is 19.8 Å². The second kappa shape index (κ2) is 4.08. The first-order chi connectivity index (χ1) is 8.65. The SMILES string of the molecule is Cc1noc(C)c1-c1ccc(=O)n(CC2CC2)n1. The molecule has 0 unspecified atom stereocenters. The zero-order valence-corrected chi connectivity index (χ0v) is 10.5. The summed E-state index contributed by atoms with van der Waals surface area (Å²) in [5.74, 6) is 1.35. The highest BCUT2D eigenvalue weighted by Crippen LogP contribution is 2.30. The standard InChI is InChI=1S/C13H15N3O2/c1-8-13(9(2)18-15-8)11-5-6-12(17)16(14-11)7-10-3-4-10/h5-6,10H,3-4,7H2,1-2H3. The van der Waals surface area contributed by atoms with Gasteiger partial charge in [-0.1, -0.05) is 5.16 Å². The molecule has 1 saturated carbocycles. The molecule has 0 aromatic carbocycles. The monoisotopic (exact) mass is 245 g/mol. The summed E-state index contributed by atoms with van der Waals surface area (Å²) in [6, 6.07) is 3.30. The fourth-order valence-electron chi connectivity index (χ4n) is 2.11. The number of aryl methyl sites for hydroxylation is 2. The fourth-order valence-corrected chi connectivity index (χ4v) is 2.11. The maximum atomic E-state index is 11.7. The smallest absolute Gasteiger partial charge is 0.266 e. The first kappa shape index (κ1) is 11.2. The van der Waals surface area contributed by atoms with Crippen LogP contribution in [0.1, 0.15) is 24.3 Å². The van der Waals surface area contributed by atoms with Gasteiger partial charge in [0, 0.05) is 12.6 Å². The molecule has 0 bridgehead atoms. The summed E-state index contributed by atoms with van der Waals surface area (Å²) < 4.78 is 6.69. The van der Waals surface area contributed by atoms with Crippen molar-refractivity contribution in [2.45, 2.75) is 33.2 Å². The quantitative estimate of drug-likeness (QED) is 0.829. The van der Waals surface area contributed by atoms with Gasteiger partial charge in [0.2, 0.25) is 0 Å². The molecule has 3 rings (SSSR count). The summed E-state index contributed by atoms with van der Waals surface area (Å²) in [7, 11) is 0. The lowest BCUT2D eigenvalue weighted by Crippen LogP contribution is -2.23. The minimum absolute atomic E-state index is 0.0441. The predicted molar refractivity (Wildman–Crippen MR) is 66.2 cm³/mol. The molecule has 5 heteroatoms. The van der Waals surface area contributed by atoms with E-state index in [0.29, 0.717) is 5.92 Å². The van der Waals surface area contributed by atoms with Gasteiger partial charge in [-0.15, -0.1) is 0 Å². The Morgan fingerprint density at radius 1 is 1.39 bits per heavy atom. The number of hydrogen-bond acceptors (Lipinski definition) is 4. The van der Waals surface area contributed by atoms with Crippen molar-refractivity contribution >= 4 is 0 Å². The van der Waals surface area contributed by atoms with Crippen LogP contribution in [0.5, 0.6) is 0 Å². The van der Waals surface area contributed by atoms with Crippen LogP contribution in [0.3, 0.4) is 0 Å². The summed E-state index contributed by atoms with van der Waals surface area (Å²) in [6.45, 7) is 4.45. The van der Waals surface area contributed by atoms with Gasteiger partial charge in [0.1, 0.15) is 5.76 Å². The van der Waals surface area contributed by atoms with Crippen LogP contribution in [-0.4, -0.2) is 14.9 Å². The Morgan fingerprint density at radius 3 is 2.78 bits per heavy atom. The lowest BCUT2D eigenvalue weighted by molar-refractivity contribution is 0.393.